The van der Waals surface area contributed by atoms with Gasteiger partial charge in [0.05, 0.1) is 24.1 Å². The third kappa shape index (κ3) is 3.19. The van der Waals surface area contributed by atoms with Crippen LogP contribution >= 0.6 is 15.9 Å². The van der Waals surface area contributed by atoms with Crippen LogP contribution in [0.5, 0.6) is 5.75 Å². The lowest BCUT2D eigenvalue weighted by atomic mass is 10.00. The van der Waals surface area contributed by atoms with Crippen LogP contribution in [0, 0.1) is 11.3 Å². The van der Waals surface area contributed by atoms with Crippen molar-refractivity contribution in [2.24, 2.45) is 0 Å². The Morgan fingerprint density at radius 2 is 2.31 bits per heavy atom. The minimum absolute atomic E-state index is 0.333. The summed E-state index contributed by atoms with van der Waals surface area (Å²) >= 11 is 3.24. The Hall–Kier alpha value is -1.12. The molecule has 4 nitrogen and oxygen atoms in total. The van der Waals surface area contributed by atoms with Crippen molar-refractivity contribution in [1.29, 1.82) is 5.26 Å². The highest BCUT2D eigenvalue weighted by atomic mass is 79.9. The van der Waals surface area contributed by atoms with E-state index in [9.17, 15) is 5.11 Å². The van der Waals surface area contributed by atoms with Crippen LogP contribution in [0.4, 0.5) is 0 Å². The second-order valence-corrected chi connectivity index (χ2v) is 4.57. The maximum absolute atomic E-state index is 9.81. The van der Waals surface area contributed by atoms with Gasteiger partial charge in [-0.15, -0.1) is 0 Å². The van der Waals surface area contributed by atoms with Crippen LogP contribution in [-0.2, 0) is 5.60 Å². The van der Waals surface area contributed by atoms with Gasteiger partial charge in [0.25, 0.3) is 0 Å². The predicted molar refractivity (Wildman–Crippen MR) is 63.5 cm³/mol. The maximum atomic E-state index is 9.81. The van der Waals surface area contributed by atoms with E-state index in [2.05, 4.69) is 20.9 Å². The van der Waals surface area contributed by atoms with Crippen molar-refractivity contribution in [3.8, 4) is 11.8 Å². The van der Waals surface area contributed by atoms with Gasteiger partial charge < -0.3 is 9.84 Å². The van der Waals surface area contributed by atoms with Gasteiger partial charge in [-0.3, -0.25) is 4.98 Å². The first kappa shape index (κ1) is 12.9. The average molecular weight is 285 g/mol. The molecule has 0 aliphatic rings. The van der Waals surface area contributed by atoms with Crippen molar-refractivity contribution in [3.63, 3.8) is 0 Å². The summed E-state index contributed by atoms with van der Waals surface area (Å²) in [4.78, 5) is 4.06. The van der Waals surface area contributed by atoms with Crippen LogP contribution in [0.15, 0.2) is 12.3 Å². The van der Waals surface area contributed by atoms with E-state index in [-0.39, 0.29) is 0 Å². The predicted octanol–water partition coefficient (Wildman–Crippen LogP) is 1.95. The first-order valence-electron chi connectivity index (χ1n) is 4.81. The first-order chi connectivity index (χ1) is 7.49. The number of halogens is 1. The number of hydrogen-bond acceptors (Lipinski definition) is 4. The Balaban J connectivity index is 3.04. The van der Waals surface area contributed by atoms with Crippen molar-refractivity contribution in [3.05, 3.63) is 23.5 Å². The summed E-state index contributed by atoms with van der Waals surface area (Å²) in [6.07, 6.45) is 1.51. The number of pyridine rings is 1. The Labute approximate surface area is 103 Å². The Kier molecular flexibility index (Phi) is 4.27. The molecule has 0 unspecified atom stereocenters. The molecular weight excluding hydrogens is 272 g/mol. The van der Waals surface area contributed by atoms with E-state index in [4.69, 9.17) is 10.00 Å². The monoisotopic (exact) mass is 284 g/mol. The van der Waals surface area contributed by atoms with Gasteiger partial charge >= 0.3 is 0 Å². The molecule has 0 radical (unpaired) electrons. The van der Waals surface area contributed by atoms with Gasteiger partial charge in [-0.2, -0.15) is 5.26 Å². The molecule has 86 valence electrons. The van der Waals surface area contributed by atoms with E-state index in [1.54, 1.807) is 19.9 Å². The summed E-state index contributed by atoms with van der Waals surface area (Å²) < 4.78 is 5.32. The fraction of sp³-hybridized carbons (Fsp3) is 0.455. The van der Waals surface area contributed by atoms with Gasteiger partial charge in [-0.25, -0.2) is 0 Å². The summed E-state index contributed by atoms with van der Waals surface area (Å²) in [5, 5.41) is 19.5. The van der Waals surface area contributed by atoms with Crippen molar-refractivity contribution >= 4 is 15.9 Å². The normalized spacial score (nSPS) is 10.9. The van der Waals surface area contributed by atoms with Gasteiger partial charge in [0.15, 0.2) is 0 Å². The molecule has 0 aromatic carbocycles. The van der Waals surface area contributed by atoms with Crippen LogP contribution in [-0.4, -0.2) is 22.0 Å². The van der Waals surface area contributed by atoms with Crippen LogP contribution in [0.3, 0.4) is 0 Å². The largest absolute Gasteiger partial charge is 0.491 e. The van der Waals surface area contributed by atoms with Crippen molar-refractivity contribution in [1.82, 2.24) is 4.98 Å². The Morgan fingerprint density at radius 3 is 2.81 bits per heavy atom. The molecule has 0 spiro atoms. The molecule has 1 rings (SSSR count). The minimum atomic E-state index is -1.13. The van der Waals surface area contributed by atoms with E-state index in [1.165, 1.54) is 6.20 Å². The molecule has 0 fully saturated rings. The molecule has 0 bridgehead atoms. The number of aliphatic hydroxyl groups is 1. The van der Waals surface area contributed by atoms with E-state index in [0.717, 1.165) is 0 Å². The van der Waals surface area contributed by atoms with E-state index in [0.29, 0.717) is 28.9 Å². The first-order valence-corrected chi connectivity index (χ1v) is 5.93. The second-order valence-electron chi connectivity index (χ2n) is 3.78. The van der Waals surface area contributed by atoms with Gasteiger partial charge in [0.1, 0.15) is 17.4 Å². The highest BCUT2D eigenvalue weighted by molar-refractivity contribution is 9.09. The van der Waals surface area contributed by atoms with Crippen LogP contribution < -0.4 is 4.74 Å². The molecule has 1 aromatic rings. The molecule has 0 saturated heterocycles. The molecule has 0 aliphatic heterocycles. The van der Waals surface area contributed by atoms with Gasteiger partial charge in [0, 0.05) is 11.4 Å². The van der Waals surface area contributed by atoms with E-state index in [1.807, 2.05) is 6.07 Å². The molecule has 0 amide bonds. The third-order valence-electron chi connectivity index (χ3n) is 1.91. The summed E-state index contributed by atoms with van der Waals surface area (Å²) in [7, 11) is 0. The van der Waals surface area contributed by atoms with Crippen LogP contribution in [0.2, 0.25) is 0 Å². The zero-order valence-electron chi connectivity index (χ0n) is 9.20. The maximum Gasteiger partial charge on any atom is 0.138 e. The number of rotatable bonds is 4. The van der Waals surface area contributed by atoms with Crippen LogP contribution in [0.25, 0.3) is 0 Å². The summed E-state index contributed by atoms with van der Waals surface area (Å²) in [6.45, 7) is 3.69. The Morgan fingerprint density at radius 1 is 1.62 bits per heavy atom. The van der Waals surface area contributed by atoms with Gasteiger partial charge in [-0.05, 0) is 13.8 Å². The van der Waals surface area contributed by atoms with Crippen molar-refractivity contribution in [2.45, 2.75) is 19.4 Å². The summed E-state index contributed by atoms with van der Waals surface area (Å²) in [6, 6.07) is 3.59. The zero-order chi connectivity index (χ0) is 12.2. The summed E-state index contributed by atoms with van der Waals surface area (Å²) in [5.41, 5.74) is -0.431. The number of aromatic nitrogens is 1. The lowest BCUT2D eigenvalue weighted by Gasteiger charge is -2.18. The smallest absolute Gasteiger partial charge is 0.138 e. The molecule has 1 N–H and O–H groups in total. The summed E-state index contributed by atoms with van der Waals surface area (Å²) in [5.74, 6) is 0.531. The van der Waals surface area contributed by atoms with E-state index < -0.39 is 5.60 Å². The molecule has 1 heterocycles. The van der Waals surface area contributed by atoms with E-state index >= 15 is 0 Å². The van der Waals surface area contributed by atoms with Crippen LogP contribution in [0.1, 0.15) is 25.1 Å². The standard InChI is InChI=1S/C11H13BrN2O2/c1-11(2,15)10-8(6-13)5-9(7-14-10)16-4-3-12/h5,7,15H,3-4H2,1-2H3. The zero-order valence-corrected chi connectivity index (χ0v) is 10.8. The topological polar surface area (TPSA) is 66.1 Å². The fourth-order valence-corrected chi connectivity index (χ4v) is 1.42. The number of nitriles is 1. The minimum Gasteiger partial charge on any atom is -0.491 e. The quantitative estimate of drug-likeness (QED) is 0.859. The molecule has 0 aliphatic carbocycles. The second kappa shape index (κ2) is 5.28. The van der Waals surface area contributed by atoms with Gasteiger partial charge in [0.2, 0.25) is 0 Å². The van der Waals surface area contributed by atoms with Gasteiger partial charge in [-0.1, -0.05) is 15.9 Å². The lowest BCUT2D eigenvalue weighted by molar-refractivity contribution is 0.0734. The number of nitrogens with zero attached hydrogens (tertiary/aromatic N) is 2. The van der Waals surface area contributed by atoms with Crippen molar-refractivity contribution in [2.75, 3.05) is 11.9 Å². The lowest BCUT2D eigenvalue weighted by Crippen LogP contribution is -2.19. The molecule has 0 atom stereocenters. The number of hydrogen-bond donors (Lipinski definition) is 1. The fourth-order valence-electron chi connectivity index (χ4n) is 1.25. The number of ether oxygens (including phenoxy) is 1. The molecule has 0 saturated carbocycles. The number of alkyl halides is 1. The highest BCUT2D eigenvalue weighted by Crippen LogP contribution is 2.24. The molecule has 5 heteroatoms. The molecular formula is C11H13BrN2O2. The Bertz CT molecular complexity index is 407. The third-order valence-corrected chi connectivity index (χ3v) is 2.23. The SMILES string of the molecule is CC(C)(O)c1ncc(OCCBr)cc1C#N. The molecule has 16 heavy (non-hydrogen) atoms. The van der Waals surface area contributed by atoms with Crippen molar-refractivity contribution < 1.29 is 9.84 Å². The average Bonchev–Trinajstić information content (AvgIpc) is 2.24. The highest BCUT2D eigenvalue weighted by Gasteiger charge is 2.22. The molecule has 1 aromatic heterocycles.